The number of H-pyrrole nitrogens is 1. The van der Waals surface area contributed by atoms with E-state index in [1.54, 1.807) is 0 Å². The van der Waals surface area contributed by atoms with Gasteiger partial charge in [0.05, 0.1) is 0 Å². The third-order valence-corrected chi connectivity index (χ3v) is 5.58. The first-order valence-corrected chi connectivity index (χ1v) is 8.95. The summed E-state index contributed by atoms with van der Waals surface area (Å²) < 4.78 is 0. The van der Waals surface area contributed by atoms with Gasteiger partial charge in [-0.1, -0.05) is 12.6 Å². The summed E-state index contributed by atoms with van der Waals surface area (Å²) in [5.74, 6) is 0. The maximum absolute atomic E-state index is 4.41. The minimum atomic E-state index is 0.156. The van der Waals surface area contributed by atoms with Gasteiger partial charge in [0, 0.05) is 61.1 Å². The minimum absolute atomic E-state index is 0.156. The lowest BCUT2D eigenvalue weighted by Crippen LogP contribution is -2.43. The second-order valence-electron chi connectivity index (χ2n) is 7.52. The standard InChI is InChI=1S/C21H30N4/c1-14(17-9-10-21(2,23-4)13-20(17)22-3)18-11-15-7-8-16(25(5)6)12-19(15)24-18/h7-8,11-12,22-24H,1,9-10,13H2,2-6H3. The van der Waals surface area contributed by atoms with Gasteiger partial charge in [0.2, 0.25) is 0 Å². The van der Waals surface area contributed by atoms with Crippen LogP contribution in [0, 0.1) is 0 Å². The highest BCUT2D eigenvalue weighted by molar-refractivity contribution is 5.89. The maximum atomic E-state index is 4.41. The average Bonchev–Trinajstić information content (AvgIpc) is 3.04. The Morgan fingerprint density at radius 1 is 1.24 bits per heavy atom. The van der Waals surface area contributed by atoms with Crippen molar-refractivity contribution in [1.82, 2.24) is 15.6 Å². The van der Waals surface area contributed by atoms with Crippen molar-refractivity contribution < 1.29 is 0 Å². The van der Waals surface area contributed by atoms with Gasteiger partial charge in [-0.3, -0.25) is 0 Å². The fourth-order valence-corrected chi connectivity index (χ4v) is 3.64. The van der Waals surface area contributed by atoms with Gasteiger partial charge in [0.1, 0.15) is 0 Å². The van der Waals surface area contributed by atoms with E-state index in [9.17, 15) is 0 Å². The Hall–Kier alpha value is -2.20. The zero-order valence-electron chi connectivity index (χ0n) is 16.1. The molecule has 2 aromatic rings. The molecule has 0 spiro atoms. The van der Waals surface area contributed by atoms with Crippen LogP contribution in [0.2, 0.25) is 0 Å². The normalized spacial score (nSPS) is 20.8. The van der Waals surface area contributed by atoms with Crippen molar-refractivity contribution in [3.05, 3.63) is 47.8 Å². The monoisotopic (exact) mass is 338 g/mol. The van der Waals surface area contributed by atoms with Crippen molar-refractivity contribution in [2.45, 2.75) is 31.7 Å². The third kappa shape index (κ3) is 3.31. The number of aromatic nitrogens is 1. The molecule has 1 unspecified atom stereocenters. The summed E-state index contributed by atoms with van der Waals surface area (Å²) in [6.45, 7) is 6.70. The van der Waals surface area contributed by atoms with Gasteiger partial charge in [-0.05, 0) is 56.2 Å². The Balaban J connectivity index is 1.96. The highest BCUT2D eigenvalue weighted by Gasteiger charge is 2.30. The van der Waals surface area contributed by atoms with Crippen molar-refractivity contribution in [2.75, 3.05) is 33.1 Å². The highest BCUT2D eigenvalue weighted by atomic mass is 15.1. The number of benzene rings is 1. The van der Waals surface area contributed by atoms with Crippen LogP contribution in [0.15, 0.2) is 42.1 Å². The Labute approximate surface area is 151 Å². The van der Waals surface area contributed by atoms with Gasteiger partial charge in [-0.2, -0.15) is 0 Å². The molecule has 0 saturated heterocycles. The summed E-state index contributed by atoms with van der Waals surface area (Å²) >= 11 is 0. The lowest BCUT2D eigenvalue weighted by Gasteiger charge is -2.36. The van der Waals surface area contributed by atoms with Crippen LogP contribution in [0.1, 0.15) is 31.9 Å². The summed E-state index contributed by atoms with van der Waals surface area (Å²) in [5.41, 5.74) is 7.36. The quantitative estimate of drug-likeness (QED) is 0.775. The molecule has 4 heteroatoms. The second kappa shape index (κ2) is 6.60. The van der Waals surface area contributed by atoms with Crippen LogP contribution in [0.4, 0.5) is 5.69 Å². The molecular weight excluding hydrogens is 308 g/mol. The molecule has 3 N–H and O–H groups in total. The van der Waals surface area contributed by atoms with E-state index in [1.165, 1.54) is 22.3 Å². The van der Waals surface area contributed by atoms with Crippen molar-refractivity contribution in [3.8, 4) is 0 Å². The smallest absolute Gasteiger partial charge is 0.0479 e. The Morgan fingerprint density at radius 3 is 2.64 bits per heavy atom. The molecule has 0 amide bonds. The molecule has 0 fully saturated rings. The van der Waals surface area contributed by atoms with E-state index in [-0.39, 0.29) is 5.54 Å². The van der Waals surface area contributed by atoms with E-state index in [1.807, 2.05) is 14.1 Å². The summed E-state index contributed by atoms with van der Waals surface area (Å²) in [4.78, 5) is 5.68. The average molecular weight is 338 g/mol. The molecule has 0 bridgehead atoms. The van der Waals surface area contributed by atoms with Crippen molar-refractivity contribution in [1.29, 1.82) is 0 Å². The van der Waals surface area contributed by atoms with E-state index >= 15 is 0 Å². The predicted octanol–water partition coefficient (Wildman–Crippen LogP) is 3.88. The largest absolute Gasteiger partial charge is 0.391 e. The maximum Gasteiger partial charge on any atom is 0.0479 e. The molecular formula is C21H30N4. The number of nitrogens with zero attached hydrogens (tertiary/aromatic N) is 1. The Morgan fingerprint density at radius 2 is 2.00 bits per heavy atom. The zero-order valence-corrected chi connectivity index (χ0v) is 16.1. The fraction of sp³-hybridized carbons (Fsp3) is 0.429. The third-order valence-electron chi connectivity index (χ3n) is 5.58. The molecule has 1 aromatic carbocycles. The van der Waals surface area contributed by atoms with Crippen LogP contribution >= 0.6 is 0 Å². The van der Waals surface area contributed by atoms with Crippen molar-refractivity contribution in [2.24, 2.45) is 0 Å². The van der Waals surface area contributed by atoms with Gasteiger partial charge in [-0.15, -0.1) is 0 Å². The summed E-state index contributed by atoms with van der Waals surface area (Å²) in [6, 6.07) is 8.73. The molecule has 0 radical (unpaired) electrons. The number of hydrogen-bond acceptors (Lipinski definition) is 3. The predicted molar refractivity (Wildman–Crippen MR) is 109 cm³/mol. The molecule has 1 atom stereocenters. The van der Waals surface area contributed by atoms with E-state index in [4.69, 9.17) is 0 Å². The van der Waals surface area contributed by atoms with Gasteiger partial charge < -0.3 is 20.5 Å². The van der Waals surface area contributed by atoms with Crippen LogP contribution < -0.4 is 15.5 Å². The number of aromatic amines is 1. The van der Waals surface area contributed by atoms with Gasteiger partial charge >= 0.3 is 0 Å². The molecule has 1 aliphatic rings. The molecule has 1 heterocycles. The Kier molecular flexibility index (Phi) is 4.65. The number of fused-ring (bicyclic) bond motifs is 1. The summed E-state index contributed by atoms with van der Waals surface area (Å²) in [6.07, 6.45) is 3.15. The summed E-state index contributed by atoms with van der Waals surface area (Å²) in [7, 11) is 8.19. The van der Waals surface area contributed by atoms with E-state index < -0.39 is 0 Å². The first-order chi connectivity index (χ1) is 11.9. The summed E-state index contributed by atoms with van der Waals surface area (Å²) in [5, 5.41) is 8.10. The number of rotatable bonds is 5. The number of allylic oxidation sites excluding steroid dienone is 2. The van der Waals surface area contributed by atoms with E-state index in [0.29, 0.717) is 0 Å². The van der Waals surface area contributed by atoms with Crippen LogP contribution in [0.3, 0.4) is 0 Å². The first-order valence-electron chi connectivity index (χ1n) is 8.95. The van der Waals surface area contributed by atoms with Gasteiger partial charge in [-0.25, -0.2) is 0 Å². The lowest BCUT2D eigenvalue weighted by molar-refractivity contribution is 0.333. The van der Waals surface area contributed by atoms with Crippen LogP contribution in [0.5, 0.6) is 0 Å². The van der Waals surface area contributed by atoms with Crippen LogP contribution in [-0.4, -0.2) is 38.7 Å². The van der Waals surface area contributed by atoms with Crippen LogP contribution in [-0.2, 0) is 0 Å². The molecule has 25 heavy (non-hydrogen) atoms. The molecule has 1 aromatic heterocycles. The van der Waals surface area contributed by atoms with E-state index in [0.717, 1.165) is 36.0 Å². The van der Waals surface area contributed by atoms with Crippen LogP contribution in [0.25, 0.3) is 16.5 Å². The van der Waals surface area contributed by atoms with Crippen molar-refractivity contribution in [3.63, 3.8) is 0 Å². The Bertz CT molecular complexity index is 828. The number of anilines is 1. The molecule has 4 nitrogen and oxygen atoms in total. The molecule has 0 saturated carbocycles. The topological polar surface area (TPSA) is 43.1 Å². The molecule has 0 aliphatic heterocycles. The molecule has 3 rings (SSSR count). The molecule has 134 valence electrons. The highest BCUT2D eigenvalue weighted by Crippen LogP contribution is 2.37. The van der Waals surface area contributed by atoms with E-state index in [2.05, 4.69) is 72.4 Å². The first kappa shape index (κ1) is 17.6. The van der Waals surface area contributed by atoms with Gasteiger partial charge in [0.15, 0.2) is 0 Å². The number of nitrogens with one attached hydrogen (secondary N) is 3. The lowest BCUT2D eigenvalue weighted by atomic mass is 9.79. The van der Waals surface area contributed by atoms with Gasteiger partial charge in [0.25, 0.3) is 0 Å². The number of hydrogen-bond donors (Lipinski definition) is 3. The zero-order chi connectivity index (χ0) is 18.2. The fourth-order valence-electron chi connectivity index (χ4n) is 3.64. The minimum Gasteiger partial charge on any atom is -0.391 e. The van der Waals surface area contributed by atoms with Crippen molar-refractivity contribution >= 4 is 22.2 Å². The SMILES string of the molecule is C=C(C1=C(NC)CC(C)(NC)CC1)c1cc2ccc(N(C)C)cc2[nH]1. The molecule has 1 aliphatic carbocycles. The second-order valence-corrected chi connectivity index (χ2v) is 7.52.